The Balaban J connectivity index is 2.12. The van der Waals surface area contributed by atoms with Crippen molar-refractivity contribution < 1.29 is 14.3 Å². The Kier molecular flexibility index (Phi) is 3.60. The van der Waals surface area contributed by atoms with Crippen molar-refractivity contribution in [1.82, 2.24) is 5.32 Å². The van der Waals surface area contributed by atoms with Crippen LogP contribution in [0.25, 0.3) is 0 Å². The van der Waals surface area contributed by atoms with Crippen molar-refractivity contribution in [3.63, 3.8) is 0 Å². The molecule has 0 heterocycles. The fourth-order valence-electron chi connectivity index (χ4n) is 2.23. The van der Waals surface area contributed by atoms with Crippen LogP contribution in [0.1, 0.15) is 33.6 Å². The second kappa shape index (κ2) is 5.03. The van der Waals surface area contributed by atoms with Gasteiger partial charge in [0.05, 0.1) is 6.04 Å². The normalized spacial score (nSPS) is 22.3. The van der Waals surface area contributed by atoms with E-state index in [1.807, 2.05) is 45.1 Å². The van der Waals surface area contributed by atoms with Crippen LogP contribution in [-0.4, -0.2) is 23.5 Å². The zero-order valence-corrected chi connectivity index (χ0v) is 11.5. The molecule has 1 amide bonds. The lowest BCUT2D eigenvalue weighted by atomic mass is 10.0. The number of ether oxygens (including phenoxy) is 1. The van der Waals surface area contributed by atoms with Crippen molar-refractivity contribution in [3.8, 4) is 0 Å². The summed E-state index contributed by atoms with van der Waals surface area (Å²) in [6, 6.07) is -0.258. The number of nitrogens with one attached hydrogen (secondary N) is 1. The van der Waals surface area contributed by atoms with Crippen LogP contribution in [0, 0.1) is 0 Å². The largest absolute Gasteiger partial charge is 0.444 e. The molecule has 102 valence electrons. The first-order valence-corrected chi connectivity index (χ1v) is 6.47. The topological polar surface area (TPSA) is 55.4 Å². The van der Waals surface area contributed by atoms with Crippen LogP contribution >= 0.6 is 0 Å². The fourth-order valence-corrected chi connectivity index (χ4v) is 2.23. The van der Waals surface area contributed by atoms with Crippen LogP contribution in [0.5, 0.6) is 0 Å². The highest BCUT2D eigenvalue weighted by molar-refractivity contribution is 6.02. The molecule has 0 aromatic rings. The van der Waals surface area contributed by atoms with Gasteiger partial charge in [-0.1, -0.05) is 24.3 Å². The van der Waals surface area contributed by atoms with E-state index in [9.17, 15) is 9.59 Å². The Morgan fingerprint density at radius 2 is 2.05 bits per heavy atom. The van der Waals surface area contributed by atoms with Gasteiger partial charge in [-0.25, -0.2) is 4.79 Å². The van der Waals surface area contributed by atoms with E-state index in [0.717, 1.165) is 11.1 Å². The molecule has 19 heavy (non-hydrogen) atoms. The van der Waals surface area contributed by atoms with Crippen molar-refractivity contribution in [3.05, 3.63) is 35.5 Å². The minimum atomic E-state index is -0.528. The lowest BCUT2D eigenvalue weighted by molar-refractivity contribution is -0.114. The zero-order chi connectivity index (χ0) is 14.0. The lowest BCUT2D eigenvalue weighted by Crippen LogP contribution is -2.39. The standard InChI is InChI=1S/C15H19NO3/c1-15(2,3)19-14(18)16-12-7-5-4-6-11-10(12)8-9-13(11)17/h4-7,12H,8-9H2,1-3H3,(H,16,18). The van der Waals surface area contributed by atoms with Gasteiger partial charge in [0.1, 0.15) is 5.60 Å². The molecule has 0 aromatic heterocycles. The number of hydrogen-bond donors (Lipinski definition) is 1. The van der Waals surface area contributed by atoms with Crippen LogP contribution in [0.3, 0.4) is 0 Å². The predicted molar refractivity (Wildman–Crippen MR) is 72.7 cm³/mol. The fraction of sp³-hybridized carbons (Fsp3) is 0.467. The lowest BCUT2D eigenvalue weighted by Gasteiger charge is -2.23. The average molecular weight is 261 g/mol. The van der Waals surface area contributed by atoms with Crippen LogP contribution < -0.4 is 5.32 Å². The van der Waals surface area contributed by atoms with Crippen LogP contribution in [0.2, 0.25) is 0 Å². The van der Waals surface area contributed by atoms with E-state index in [-0.39, 0.29) is 11.8 Å². The quantitative estimate of drug-likeness (QED) is 0.789. The van der Waals surface area contributed by atoms with Gasteiger partial charge in [0.2, 0.25) is 0 Å². The first-order valence-electron chi connectivity index (χ1n) is 6.47. The molecule has 0 aromatic carbocycles. The summed E-state index contributed by atoms with van der Waals surface area (Å²) in [5, 5.41) is 2.81. The average Bonchev–Trinajstić information content (AvgIpc) is 2.51. The molecule has 0 spiro atoms. The van der Waals surface area contributed by atoms with E-state index in [1.165, 1.54) is 0 Å². The minimum absolute atomic E-state index is 0.144. The summed E-state index contributed by atoms with van der Waals surface area (Å²) in [5.41, 5.74) is 1.17. The number of ketones is 1. The molecule has 4 heteroatoms. The molecule has 0 aliphatic heterocycles. The van der Waals surface area contributed by atoms with Gasteiger partial charge in [0, 0.05) is 12.0 Å². The van der Waals surface area contributed by atoms with Crippen molar-refractivity contribution in [2.45, 2.75) is 45.3 Å². The number of carbonyl (C=O) groups is 2. The van der Waals surface area contributed by atoms with E-state index in [2.05, 4.69) is 5.32 Å². The van der Waals surface area contributed by atoms with Gasteiger partial charge >= 0.3 is 6.09 Å². The molecule has 2 aliphatic carbocycles. The molecule has 4 nitrogen and oxygen atoms in total. The van der Waals surface area contributed by atoms with Crippen LogP contribution in [-0.2, 0) is 9.53 Å². The van der Waals surface area contributed by atoms with E-state index in [1.54, 1.807) is 0 Å². The van der Waals surface area contributed by atoms with Crippen LogP contribution in [0.15, 0.2) is 35.5 Å². The van der Waals surface area contributed by atoms with Gasteiger partial charge in [0.25, 0.3) is 0 Å². The summed E-state index contributed by atoms with van der Waals surface area (Å²) < 4.78 is 5.24. The van der Waals surface area contributed by atoms with Gasteiger partial charge in [-0.3, -0.25) is 4.79 Å². The summed E-state index contributed by atoms with van der Waals surface area (Å²) in [4.78, 5) is 23.6. The molecular weight excluding hydrogens is 242 g/mol. The van der Waals surface area contributed by atoms with Crippen molar-refractivity contribution in [2.75, 3.05) is 0 Å². The Morgan fingerprint density at radius 3 is 2.74 bits per heavy atom. The van der Waals surface area contributed by atoms with Crippen molar-refractivity contribution in [2.24, 2.45) is 0 Å². The van der Waals surface area contributed by atoms with E-state index in [4.69, 9.17) is 4.74 Å². The highest BCUT2D eigenvalue weighted by Crippen LogP contribution is 2.29. The number of hydrogen-bond acceptors (Lipinski definition) is 3. The molecule has 0 saturated carbocycles. The highest BCUT2D eigenvalue weighted by Gasteiger charge is 2.28. The second-order valence-corrected chi connectivity index (χ2v) is 5.73. The number of allylic oxidation sites excluding steroid dienone is 4. The van der Waals surface area contributed by atoms with Gasteiger partial charge in [0.15, 0.2) is 5.78 Å². The molecule has 0 radical (unpaired) electrons. The summed E-state index contributed by atoms with van der Waals surface area (Å²) in [6.45, 7) is 5.46. The Bertz CT molecular complexity index is 492. The zero-order valence-electron chi connectivity index (χ0n) is 11.5. The van der Waals surface area contributed by atoms with Gasteiger partial charge in [-0.05, 0) is 32.8 Å². The third-order valence-electron chi connectivity index (χ3n) is 2.99. The number of Topliss-reactive ketones (excluding diaryl/α,β-unsaturated/α-hetero) is 1. The summed E-state index contributed by atoms with van der Waals surface area (Å²) in [6.07, 6.45) is 8.12. The highest BCUT2D eigenvalue weighted by atomic mass is 16.6. The molecular formula is C15H19NO3. The summed E-state index contributed by atoms with van der Waals surface area (Å²) in [5.74, 6) is 0.144. The van der Waals surface area contributed by atoms with E-state index < -0.39 is 11.7 Å². The van der Waals surface area contributed by atoms with Gasteiger partial charge in [-0.15, -0.1) is 0 Å². The maximum Gasteiger partial charge on any atom is 0.408 e. The molecule has 1 N–H and O–H groups in total. The van der Waals surface area contributed by atoms with Crippen molar-refractivity contribution >= 4 is 11.9 Å². The molecule has 0 bridgehead atoms. The molecule has 2 aliphatic rings. The maximum atomic E-state index is 11.8. The summed E-state index contributed by atoms with van der Waals surface area (Å²) >= 11 is 0. The SMILES string of the molecule is CC(C)(C)OC(=O)NC1C=CC=CC2=C1CCC2=O. The molecule has 1 atom stereocenters. The molecule has 2 rings (SSSR count). The van der Waals surface area contributed by atoms with Gasteiger partial charge in [-0.2, -0.15) is 0 Å². The maximum absolute atomic E-state index is 11.8. The third kappa shape index (κ3) is 3.34. The molecule has 1 unspecified atom stereocenters. The Morgan fingerprint density at radius 1 is 1.32 bits per heavy atom. The Hall–Kier alpha value is -1.84. The molecule has 0 saturated heterocycles. The number of rotatable bonds is 1. The second-order valence-electron chi connectivity index (χ2n) is 5.73. The number of alkyl carbamates (subject to hydrolysis) is 1. The minimum Gasteiger partial charge on any atom is -0.444 e. The Labute approximate surface area is 113 Å². The number of amides is 1. The van der Waals surface area contributed by atoms with Crippen molar-refractivity contribution in [1.29, 1.82) is 0 Å². The van der Waals surface area contributed by atoms with Gasteiger partial charge < -0.3 is 10.1 Å². The first kappa shape index (κ1) is 13.6. The number of carbonyl (C=O) groups excluding carboxylic acids is 2. The predicted octanol–water partition coefficient (Wildman–Crippen LogP) is 2.67. The monoisotopic (exact) mass is 261 g/mol. The summed E-state index contributed by atoms with van der Waals surface area (Å²) in [7, 11) is 0. The smallest absolute Gasteiger partial charge is 0.408 e. The van der Waals surface area contributed by atoms with E-state index in [0.29, 0.717) is 12.8 Å². The third-order valence-corrected chi connectivity index (χ3v) is 2.99. The van der Waals surface area contributed by atoms with E-state index >= 15 is 0 Å². The molecule has 0 fully saturated rings. The first-order chi connectivity index (χ1) is 8.87. The van der Waals surface area contributed by atoms with Crippen LogP contribution in [0.4, 0.5) is 4.79 Å².